The number of anilines is 1. The second-order valence-corrected chi connectivity index (χ2v) is 3.97. The third-order valence-electron chi connectivity index (χ3n) is 2.43. The highest BCUT2D eigenvalue weighted by Crippen LogP contribution is 2.10. The molecule has 1 rings (SSSR count). The number of hydrogen-bond donors (Lipinski definition) is 3. The number of carbonyl (C=O) groups excluding carboxylic acids is 1. The van der Waals surface area contributed by atoms with E-state index in [0.29, 0.717) is 18.8 Å². The van der Waals surface area contributed by atoms with Crippen LogP contribution in [0, 0.1) is 0 Å². The third-order valence-corrected chi connectivity index (χ3v) is 2.43. The second-order valence-electron chi connectivity index (χ2n) is 3.97. The number of amides is 2. The van der Waals surface area contributed by atoms with Crippen molar-refractivity contribution in [2.24, 2.45) is 0 Å². The molecule has 0 fully saturated rings. The Balaban J connectivity index is 2.35. The van der Waals surface area contributed by atoms with Crippen molar-refractivity contribution >= 4 is 17.7 Å². The Morgan fingerprint density at radius 3 is 2.79 bits per heavy atom. The van der Waals surface area contributed by atoms with Crippen LogP contribution < -0.4 is 10.6 Å². The zero-order valence-corrected chi connectivity index (χ0v) is 10.8. The van der Waals surface area contributed by atoms with Crippen molar-refractivity contribution in [1.82, 2.24) is 5.32 Å². The summed E-state index contributed by atoms with van der Waals surface area (Å²) < 4.78 is 4.90. The van der Waals surface area contributed by atoms with Gasteiger partial charge in [-0.1, -0.05) is 6.07 Å². The van der Waals surface area contributed by atoms with Crippen molar-refractivity contribution in [1.29, 1.82) is 0 Å². The fourth-order valence-electron chi connectivity index (χ4n) is 1.48. The molecule has 0 spiro atoms. The van der Waals surface area contributed by atoms with Gasteiger partial charge < -0.3 is 20.5 Å². The summed E-state index contributed by atoms with van der Waals surface area (Å²) in [6.45, 7) is 1.22. The number of nitrogens with one attached hydrogen (secondary N) is 2. The Morgan fingerprint density at radius 1 is 1.32 bits per heavy atom. The third kappa shape index (κ3) is 5.87. The van der Waals surface area contributed by atoms with Crippen LogP contribution in [0.5, 0.6) is 0 Å². The molecule has 3 N–H and O–H groups in total. The Morgan fingerprint density at radius 2 is 2.11 bits per heavy atom. The molecule has 0 saturated carbocycles. The lowest BCUT2D eigenvalue weighted by Gasteiger charge is -2.08. The quantitative estimate of drug-likeness (QED) is 0.658. The zero-order valence-electron chi connectivity index (χ0n) is 10.8. The van der Waals surface area contributed by atoms with Gasteiger partial charge >= 0.3 is 12.0 Å². The van der Waals surface area contributed by atoms with E-state index < -0.39 is 5.97 Å². The van der Waals surface area contributed by atoms with E-state index in [9.17, 15) is 9.59 Å². The predicted molar refractivity (Wildman–Crippen MR) is 71.5 cm³/mol. The number of aromatic carboxylic acids is 1. The molecule has 6 nitrogen and oxygen atoms in total. The number of benzene rings is 1. The topological polar surface area (TPSA) is 87.7 Å². The monoisotopic (exact) mass is 266 g/mol. The SMILES string of the molecule is COCCCCNC(=O)Nc1cccc(C(=O)O)c1. The minimum Gasteiger partial charge on any atom is -0.478 e. The molecule has 0 aliphatic carbocycles. The van der Waals surface area contributed by atoms with E-state index >= 15 is 0 Å². The molecule has 0 aliphatic rings. The predicted octanol–water partition coefficient (Wildman–Crippen LogP) is 1.93. The maximum atomic E-state index is 11.5. The van der Waals surface area contributed by atoms with Crippen molar-refractivity contribution < 1.29 is 19.4 Å². The molecule has 0 heterocycles. The van der Waals surface area contributed by atoms with Gasteiger partial charge in [0.2, 0.25) is 0 Å². The average molecular weight is 266 g/mol. The zero-order chi connectivity index (χ0) is 14.1. The molecule has 0 atom stereocenters. The van der Waals surface area contributed by atoms with E-state index in [2.05, 4.69) is 10.6 Å². The lowest BCUT2D eigenvalue weighted by Crippen LogP contribution is -2.29. The molecule has 0 radical (unpaired) electrons. The molecular formula is C13H18N2O4. The molecule has 1 aromatic rings. The molecule has 0 unspecified atom stereocenters. The number of carbonyl (C=O) groups is 2. The molecule has 1 aromatic carbocycles. The van der Waals surface area contributed by atoms with Crippen LogP contribution in [0.1, 0.15) is 23.2 Å². The van der Waals surface area contributed by atoms with Crippen molar-refractivity contribution in [2.45, 2.75) is 12.8 Å². The summed E-state index contributed by atoms with van der Waals surface area (Å²) >= 11 is 0. The summed E-state index contributed by atoms with van der Waals surface area (Å²) in [7, 11) is 1.63. The van der Waals surface area contributed by atoms with Gasteiger partial charge in [-0.2, -0.15) is 0 Å². The number of carboxylic acid groups (broad SMARTS) is 1. The Bertz CT molecular complexity index is 434. The summed E-state index contributed by atoms with van der Waals surface area (Å²) in [5.74, 6) is -1.02. The fourth-order valence-corrected chi connectivity index (χ4v) is 1.48. The molecule has 2 amide bonds. The van der Waals surface area contributed by atoms with Gasteiger partial charge in [-0.15, -0.1) is 0 Å². The first-order valence-electron chi connectivity index (χ1n) is 6.00. The van der Waals surface area contributed by atoms with E-state index in [-0.39, 0.29) is 11.6 Å². The van der Waals surface area contributed by atoms with Gasteiger partial charge in [0, 0.05) is 25.9 Å². The fraction of sp³-hybridized carbons (Fsp3) is 0.385. The van der Waals surface area contributed by atoms with Gasteiger partial charge in [-0.25, -0.2) is 9.59 Å². The number of rotatable bonds is 7. The number of unbranched alkanes of at least 4 members (excludes halogenated alkanes) is 1. The molecule has 0 aromatic heterocycles. The van der Waals surface area contributed by atoms with Gasteiger partial charge in [0.25, 0.3) is 0 Å². The van der Waals surface area contributed by atoms with Gasteiger partial charge in [-0.3, -0.25) is 0 Å². The minimum atomic E-state index is -1.02. The van der Waals surface area contributed by atoms with Crippen LogP contribution in [-0.2, 0) is 4.74 Å². The summed E-state index contributed by atoms with van der Waals surface area (Å²) in [5, 5.41) is 14.1. The summed E-state index contributed by atoms with van der Waals surface area (Å²) in [5.41, 5.74) is 0.590. The van der Waals surface area contributed by atoms with Crippen molar-refractivity contribution in [3.05, 3.63) is 29.8 Å². The molecule has 0 bridgehead atoms. The van der Waals surface area contributed by atoms with Crippen LogP contribution in [0.25, 0.3) is 0 Å². The van der Waals surface area contributed by atoms with Gasteiger partial charge in [0.05, 0.1) is 5.56 Å². The van der Waals surface area contributed by atoms with Crippen LogP contribution in [0.2, 0.25) is 0 Å². The highest BCUT2D eigenvalue weighted by atomic mass is 16.5. The van der Waals surface area contributed by atoms with Crippen LogP contribution in [-0.4, -0.2) is 37.4 Å². The van der Waals surface area contributed by atoms with Crippen LogP contribution in [0.15, 0.2) is 24.3 Å². The second kappa shape index (κ2) is 8.10. The standard InChI is InChI=1S/C13H18N2O4/c1-19-8-3-2-7-14-13(18)15-11-6-4-5-10(9-11)12(16)17/h4-6,9H,2-3,7-8H2,1H3,(H,16,17)(H2,14,15,18). The largest absolute Gasteiger partial charge is 0.478 e. The van der Waals surface area contributed by atoms with E-state index in [1.807, 2.05) is 0 Å². The molecule has 0 saturated heterocycles. The maximum Gasteiger partial charge on any atom is 0.335 e. The summed E-state index contributed by atoms with van der Waals surface area (Å²) in [6.07, 6.45) is 1.71. The van der Waals surface area contributed by atoms with E-state index in [4.69, 9.17) is 9.84 Å². The summed E-state index contributed by atoms with van der Waals surface area (Å²) in [4.78, 5) is 22.3. The minimum absolute atomic E-state index is 0.137. The molecule has 104 valence electrons. The van der Waals surface area contributed by atoms with Gasteiger partial charge in [0.1, 0.15) is 0 Å². The first-order chi connectivity index (χ1) is 9.13. The van der Waals surface area contributed by atoms with E-state index in [0.717, 1.165) is 12.8 Å². The Kier molecular flexibility index (Phi) is 6.38. The first kappa shape index (κ1) is 15.0. The smallest absolute Gasteiger partial charge is 0.335 e. The molecule has 19 heavy (non-hydrogen) atoms. The van der Waals surface area contributed by atoms with Crippen LogP contribution in [0.3, 0.4) is 0 Å². The lowest BCUT2D eigenvalue weighted by molar-refractivity contribution is 0.0697. The normalized spacial score (nSPS) is 9.95. The van der Waals surface area contributed by atoms with Gasteiger partial charge in [-0.05, 0) is 31.0 Å². The number of ether oxygens (including phenoxy) is 1. The number of hydrogen-bond acceptors (Lipinski definition) is 3. The lowest BCUT2D eigenvalue weighted by atomic mass is 10.2. The van der Waals surface area contributed by atoms with E-state index in [1.54, 1.807) is 19.2 Å². The number of urea groups is 1. The Hall–Kier alpha value is -2.08. The number of methoxy groups -OCH3 is 1. The molecular weight excluding hydrogens is 248 g/mol. The molecule has 0 aliphatic heterocycles. The number of carboxylic acids is 1. The maximum absolute atomic E-state index is 11.5. The van der Waals surface area contributed by atoms with Crippen molar-refractivity contribution in [3.8, 4) is 0 Å². The summed E-state index contributed by atoms with van der Waals surface area (Å²) in [6, 6.07) is 5.75. The first-order valence-corrected chi connectivity index (χ1v) is 6.00. The van der Waals surface area contributed by atoms with Crippen LogP contribution in [0.4, 0.5) is 10.5 Å². The van der Waals surface area contributed by atoms with Crippen molar-refractivity contribution in [3.63, 3.8) is 0 Å². The van der Waals surface area contributed by atoms with Crippen LogP contribution >= 0.6 is 0 Å². The van der Waals surface area contributed by atoms with Crippen molar-refractivity contribution in [2.75, 3.05) is 25.6 Å². The molecule has 6 heteroatoms. The van der Waals surface area contributed by atoms with Gasteiger partial charge in [0.15, 0.2) is 0 Å². The Labute approximate surface area is 111 Å². The highest BCUT2D eigenvalue weighted by molar-refractivity contribution is 5.93. The van der Waals surface area contributed by atoms with E-state index in [1.165, 1.54) is 12.1 Å². The average Bonchev–Trinajstić information content (AvgIpc) is 2.38. The highest BCUT2D eigenvalue weighted by Gasteiger charge is 2.05.